The van der Waals surface area contributed by atoms with Gasteiger partial charge in [0, 0.05) is 17.6 Å². The van der Waals surface area contributed by atoms with Crippen molar-refractivity contribution in [2.24, 2.45) is 5.73 Å². The zero-order chi connectivity index (χ0) is 22.8. The van der Waals surface area contributed by atoms with Crippen molar-refractivity contribution in [1.29, 1.82) is 0 Å². The van der Waals surface area contributed by atoms with Crippen molar-refractivity contribution in [3.63, 3.8) is 0 Å². The summed E-state index contributed by atoms with van der Waals surface area (Å²) in [6.45, 7) is 3.47. The topological polar surface area (TPSA) is 85.6 Å². The molecule has 32 heavy (non-hydrogen) atoms. The number of hydrogen-bond donors (Lipinski definition) is 3. The fourth-order valence-electron chi connectivity index (χ4n) is 3.83. The molecule has 0 saturated heterocycles. The Hall–Kier alpha value is -2.44. The lowest BCUT2D eigenvalue weighted by Gasteiger charge is -2.26. The number of ether oxygens (including phenoxy) is 2. The third kappa shape index (κ3) is 7.31. The average molecular weight is 460 g/mol. The van der Waals surface area contributed by atoms with Gasteiger partial charge in [0.05, 0.1) is 6.04 Å². The van der Waals surface area contributed by atoms with E-state index in [1.807, 2.05) is 37.3 Å². The van der Waals surface area contributed by atoms with Gasteiger partial charge in [-0.3, -0.25) is 0 Å². The molecule has 1 aliphatic carbocycles. The van der Waals surface area contributed by atoms with Crippen LogP contribution in [0.1, 0.15) is 62.6 Å². The summed E-state index contributed by atoms with van der Waals surface area (Å²) in [5.74, 6) is 1.41. The Morgan fingerprint density at radius 3 is 2.25 bits per heavy atom. The Balaban J connectivity index is 0.000000509. The molecule has 1 heterocycles. The molecule has 1 fully saturated rings. The lowest BCUT2D eigenvalue weighted by molar-refractivity contribution is 0.171. The zero-order valence-corrected chi connectivity index (χ0v) is 19.5. The number of carbonyl (C=O) groups is 1. The van der Waals surface area contributed by atoms with Gasteiger partial charge in [0.2, 0.25) is 0 Å². The van der Waals surface area contributed by atoms with E-state index in [9.17, 15) is 4.79 Å². The standard InChI is InChI=1S/C20H24ClN3O3.C5H10/c1-2-16(24-20(25)23-12-13-3-6-15(21)7-4-13)19(22)14-5-8-17-18(11-14)27-10-9-26-17;1-2-4-5-3-1/h3-8,11,16,19H,2,9-10,12,22H2,1H3,(H2,23,24,25);1-5H2. The largest absolute Gasteiger partial charge is 0.486 e. The molecule has 2 amide bonds. The van der Waals surface area contributed by atoms with E-state index >= 15 is 0 Å². The third-order valence-corrected chi connectivity index (χ3v) is 6.01. The second-order valence-electron chi connectivity index (χ2n) is 8.16. The molecule has 4 N–H and O–H groups in total. The van der Waals surface area contributed by atoms with Crippen molar-refractivity contribution in [1.82, 2.24) is 10.6 Å². The van der Waals surface area contributed by atoms with Gasteiger partial charge in [-0.05, 0) is 41.8 Å². The highest BCUT2D eigenvalue weighted by Gasteiger charge is 2.22. The van der Waals surface area contributed by atoms with Crippen LogP contribution in [-0.4, -0.2) is 25.3 Å². The van der Waals surface area contributed by atoms with E-state index in [2.05, 4.69) is 10.6 Å². The van der Waals surface area contributed by atoms with Gasteiger partial charge in [-0.25, -0.2) is 4.79 Å². The number of hydrogen-bond acceptors (Lipinski definition) is 4. The van der Waals surface area contributed by atoms with E-state index in [1.165, 1.54) is 32.1 Å². The van der Waals surface area contributed by atoms with Gasteiger partial charge in [-0.2, -0.15) is 0 Å². The fourth-order valence-corrected chi connectivity index (χ4v) is 3.96. The quantitative estimate of drug-likeness (QED) is 0.544. The highest BCUT2D eigenvalue weighted by Crippen LogP contribution is 2.33. The number of halogens is 1. The normalized spacial score (nSPS) is 16.3. The van der Waals surface area contributed by atoms with Crippen LogP contribution in [-0.2, 0) is 6.54 Å². The van der Waals surface area contributed by atoms with Crippen LogP contribution in [0.25, 0.3) is 0 Å². The first kappa shape index (κ1) is 24.2. The molecule has 1 saturated carbocycles. The van der Waals surface area contributed by atoms with Crippen LogP contribution in [0, 0.1) is 0 Å². The maximum absolute atomic E-state index is 12.3. The first-order valence-corrected chi connectivity index (χ1v) is 11.9. The van der Waals surface area contributed by atoms with Crippen molar-refractivity contribution in [2.75, 3.05) is 13.2 Å². The minimum Gasteiger partial charge on any atom is -0.486 e. The molecule has 7 heteroatoms. The molecule has 2 aromatic carbocycles. The number of nitrogens with two attached hydrogens (primary N) is 1. The number of urea groups is 1. The van der Waals surface area contributed by atoms with Crippen molar-refractivity contribution < 1.29 is 14.3 Å². The first-order valence-electron chi connectivity index (χ1n) is 11.5. The number of rotatable bonds is 6. The Labute approximate surface area is 195 Å². The van der Waals surface area contributed by atoms with Crippen molar-refractivity contribution in [3.05, 3.63) is 58.6 Å². The predicted octanol–water partition coefficient (Wildman–Crippen LogP) is 5.34. The molecule has 2 unspecified atom stereocenters. The molecular formula is C25H34ClN3O3. The summed E-state index contributed by atoms with van der Waals surface area (Å²) in [5.41, 5.74) is 8.27. The summed E-state index contributed by atoms with van der Waals surface area (Å²) in [6.07, 6.45) is 8.20. The molecule has 0 radical (unpaired) electrons. The number of carbonyl (C=O) groups excluding carboxylic acids is 1. The molecule has 0 aromatic heterocycles. The van der Waals surface area contributed by atoms with Gasteiger partial charge in [-0.1, -0.05) is 68.8 Å². The van der Waals surface area contributed by atoms with Crippen LogP contribution in [0.2, 0.25) is 5.02 Å². The highest BCUT2D eigenvalue weighted by molar-refractivity contribution is 6.30. The summed E-state index contributed by atoms with van der Waals surface area (Å²) in [5, 5.41) is 6.47. The van der Waals surface area contributed by atoms with Crippen LogP contribution in [0.15, 0.2) is 42.5 Å². The third-order valence-electron chi connectivity index (χ3n) is 5.76. The van der Waals surface area contributed by atoms with E-state index in [4.69, 9.17) is 26.8 Å². The maximum atomic E-state index is 12.3. The number of amides is 2. The van der Waals surface area contributed by atoms with Crippen molar-refractivity contribution in [2.45, 2.75) is 64.1 Å². The first-order chi connectivity index (χ1) is 15.6. The zero-order valence-electron chi connectivity index (χ0n) is 18.7. The van der Waals surface area contributed by atoms with E-state index < -0.39 is 0 Å². The summed E-state index contributed by atoms with van der Waals surface area (Å²) < 4.78 is 11.2. The molecule has 1 aliphatic heterocycles. The summed E-state index contributed by atoms with van der Waals surface area (Å²) >= 11 is 5.87. The summed E-state index contributed by atoms with van der Waals surface area (Å²) in [7, 11) is 0. The molecular weight excluding hydrogens is 426 g/mol. The Bertz CT molecular complexity index is 848. The molecule has 2 atom stereocenters. The monoisotopic (exact) mass is 459 g/mol. The highest BCUT2D eigenvalue weighted by atomic mass is 35.5. The van der Waals surface area contributed by atoms with Gasteiger partial charge in [0.1, 0.15) is 13.2 Å². The maximum Gasteiger partial charge on any atom is 0.315 e. The van der Waals surface area contributed by atoms with Crippen LogP contribution in [0.3, 0.4) is 0 Å². The lowest BCUT2D eigenvalue weighted by atomic mass is 9.98. The van der Waals surface area contributed by atoms with E-state index in [0.29, 0.717) is 37.0 Å². The van der Waals surface area contributed by atoms with Gasteiger partial charge in [0.25, 0.3) is 0 Å². The second kappa shape index (κ2) is 12.6. The Kier molecular flexibility index (Phi) is 9.50. The minimum absolute atomic E-state index is 0.210. The van der Waals surface area contributed by atoms with Crippen LogP contribution in [0.4, 0.5) is 4.79 Å². The van der Waals surface area contributed by atoms with Gasteiger partial charge in [-0.15, -0.1) is 0 Å². The Morgan fingerprint density at radius 1 is 1.00 bits per heavy atom. The smallest absolute Gasteiger partial charge is 0.315 e. The summed E-state index contributed by atoms with van der Waals surface area (Å²) in [4.78, 5) is 12.3. The SMILES string of the molecule is C1CCCC1.CCC(NC(=O)NCc1ccc(Cl)cc1)C(N)c1ccc2c(c1)OCCO2. The Morgan fingerprint density at radius 2 is 1.62 bits per heavy atom. The van der Waals surface area contributed by atoms with Crippen LogP contribution in [0.5, 0.6) is 11.5 Å². The number of nitrogens with one attached hydrogen (secondary N) is 2. The van der Waals surface area contributed by atoms with E-state index in [0.717, 1.165) is 16.9 Å². The summed E-state index contributed by atoms with van der Waals surface area (Å²) in [6, 6.07) is 12.2. The molecule has 2 aromatic rings. The number of benzene rings is 2. The van der Waals surface area contributed by atoms with Crippen molar-refractivity contribution >= 4 is 17.6 Å². The van der Waals surface area contributed by atoms with Crippen molar-refractivity contribution in [3.8, 4) is 11.5 Å². The van der Waals surface area contributed by atoms with Gasteiger partial charge in [0.15, 0.2) is 11.5 Å². The van der Waals surface area contributed by atoms with Gasteiger partial charge >= 0.3 is 6.03 Å². The molecule has 0 bridgehead atoms. The average Bonchev–Trinajstić information content (AvgIpc) is 3.42. The van der Waals surface area contributed by atoms with Crippen LogP contribution < -0.4 is 25.8 Å². The van der Waals surface area contributed by atoms with Gasteiger partial charge < -0.3 is 25.8 Å². The van der Waals surface area contributed by atoms with E-state index in [-0.39, 0.29) is 18.1 Å². The molecule has 2 aliphatic rings. The predicted molar refractivity (Wildman–Crippen MR) is 128 cm³/mol. The molecule has 0 spiro atoms. The lowest BCUT2D eigenvalue weighted by Crippen LogP contribution is -2.46. The molecule has 6 nitrogen and oxygen atoms in total. The molecule has 174 valence electrons. The van der Waals surface area contributed by atoms with E-state index in [1.54, 1.807) is 12.1 Å². The minimum atomic E-state index is -0.355. The van der Waals surface area contributed by atoms with Crippen LogP contribution >= 0.6 is 11.6 Å². The second-order valence-corrected chi connectivity index (χ2v) is 8.60. The fraction of sp³-hybridized carbons (Fsp3) is 0.480. The number of fused-ring (bicyclic) bond motifs is 1. The molecule has 4 rings (SSSR count).